The number of aryl methyl sites for hydroxylation is 2. The van der Waals surface area contributed by atoms with Crippen LogP contribution in [0.15, 0.2) is 30.6 Å². The maximum Gasteiger partial charge on any atom is 0.159 e. The first-order chi connectivity index (χ1) is 15.3. The first-order valence-electron chi connectivity index (χ1n) is 11.6. The average molecular weight is 419 g/mol. The SMILES string of the molecule is Cn1cc(-c2ccc3c(c2)CCCN3c2nn(C3CCOCC3)c3c2CNCC3)cn1. The van der Waals surface area contributed by atoms with Gasteiger partial charge in [-0.15, -0.1) is 0 Å². The molecular weight excluding hydrogens is 388 g/mol. The second-order valence-electron chi connectivity index (χ2n) is 8.97. The lowest BCUT2D eigenvalue weighted by atomic mass is 9.96. The average Bonchev–Trinajstić information content (AvgIpc) is 3.43. The minimum Gasteiger partial charge on any atom is -0.381 e. The number of nitrogens with one attached hydrogen (secondary N) is 1. The van der Waals surface area contributed by atoms with Crippen molar-refractivity contribution in [2.75, 3.05) is 31.2 Å². The zero-order valence-corrected chi connectivity index (χ0v) is 18.2. The summed E-state index contributed by atoms with van der Waals surface area (Å²) in [5, 5.41) is 13.2. The van der Waals surface area contributed by atoms with Gasteiger partial charge in [-0.05, 0) is 48.9 Å². The van der Waals surface area contributed by atoms with E-state index in [2.05, 4.69) is 44.4 Å². The maximum atomic E-state index is 5.61. The molecule has 7 heteroatoms. The highest BCUT2D eigenvalue weighted by molar-refractivity contribution is 5.73. The van der Waals surface area contributed by atoms with Gasteiger partial charge in [-0.25, -0.2) is 0 Å². The number of ether oxygens (including phenoxy) is 1. The van der Waals surface area contributed by atoms with Gasteiger partial charge in [-0.1, -0.05) is 6.07 Å². The lowest BCUT2D eigenvalue weighted by molar-refractivity contribution is 0.0653. The number of hydrogen-bond donors (Lipinski definition) is 1. The maximum absolute atomic E-state index is 5.61. The third kappa shape index (κ3) is 3.36. The van der Waals surface area contributed by atoms with E-state index in [0.717, 1.165) is 70.8 Å². The van der Waals surface area contributed by atoms with Crippen LogP contribution in [0.5, 0.6) is 0 Å². The topological polar surface area (TPSA) is 60.1 Å². The van der Waals surface area contributed by atoms with Gasteiger partial charge in [0.1, 0.15) is 0 Å². The van der Waals surface area contributed by atoms with Crippen molar-refractivity contribution in [3.8, 4) is 11.1 Å². The van der Waals surface area contributed by atoms with Crippen LogP contribution in [0.1, 0.15) is 42.1 Å². The molecule has 5 heterocycles. The van der Waals surface area contributed by atoms with Crippen LogP contribution in [0.25, 0.3) is 11.1 Å². The second-order valence-corrected chi connectivity index (χ2v) is 8.97. The molecule has 0 amide bonds. The van der Waals surface area contributed by atoms with Gasteiger partial charge in [-0.3, -0.25) is 9.36 Å². The molecule has 1 fully saturated rings. The van der Waals surface area contributed by atoms with Crippen molar-refractivity contribution in [1.29, 1.82) is 0 Å². The summed E-state index contributed by atoms with van der Waals surface area (Å²) in [5.74, 6) is 1.16. The normalized spacial score (nSPS) is 19.3. The molecule has 7 nitrogen and oxygen atoms in total. The molecule has 3 aromatic rings. The Labute approximate surface area is 183 Å². The number of aromatic nitrogens is 4. The Balaban J connectivity index is 1.40. The highest BCUT2D eigenvalue weighted by Crippen LogP contribution is 2.39. The Morgan fingerprint density at radius 1 is 1.13 bits per heavy atom. The van der Waals surface area contributed by atoms with E-state index in [1.54, 1.807) is 0 Å². The van der Waals surface area contributed by atoms with Crippen LogP contribution in [0.3, 0.4) is 0 Å². The Kier molecular flexibility index (Phi) is 4.80. The Bertz CT molecular complexity index is 1090. The van der Waals surface area contributed by atoms with Crippen molar-refractivity contribution in [1.82, 2.24) is 24.9 Å². The van der Waals surface area contributed by atoms with E-state index < -0.39 is 0 Å². The Morgan fingerprint density at radius 3 is 2.87 bits per heavy atom. The van der Waals surface area contributed by atoms with E-state index in [1.807, 2.05) is 17.9 Å². The van der Waals surface area contributed by atoms with Crippen molar-refractivity contribution in [3.63, 3.8) is 0 Å². The van der Waals surface area contributed by atoms with Crippen molar-refractivity contribution in [3.05, 3.63) is 47.4 Å². The predicted molar refractivity (Wildman–Crippen MR) is 121 cm³/mol. The summed E-state index contributed by atoms with van der Waals surface area (Å²) in [5.41, 5.74) is 7.95. The van der Waals surface area contributed by atoms with Crippen molar-refractivity contribution >= 4 is 11.5 Å². The molecule has 1 saturated heterocycles. The molecule has 3 aliphatic heterocycles. The van der Waals surface area contributed by atoms with Crippen LogP contribution >= 0.6 is 0 Å². The van der Waals surface area contributed by atoms with E-state index in [4.69, 9.17) is 9.84 Å². The largest absolute Gasteiger partial charge is 0.381 e. The predicted octanol–water partition coefficient (Wildman–Crippen LogP) is 3.37. The van der Waals surface area contributed by atoms with Gasteiger partial charge in [0, 0.05) is 75.0 Å². The quantitative estimate of drug-likeness (QED) is 0.707. The third-order valence-electron chi connectivity index (χ3n) is 6.97. The number of anilines is 2. The van der Waals surface area contributed by atoms with Crippen LogP contribution in [0.4, 0.5) is 11.5 Å². The summed E-state index contributed by atoms with van der Waals surface area (Å²) in [6.07, 6.45) is 9.47. The molecule has 0 aliphatic carbocycles. The summed E-state index contributed by atoms with van der Waals surface area (Å²) >= 11 is 0. The van der Waals surface area contributed by atoms with Crippen LogP contribution in [0.2, 0.25) is 0 Å². The number of benzene rings is 1. The first-order valence-corrected chi connectivity index (χ1v) is 11.6. The number of nitrogens with zero attached hydrogens (tertiary/aromatic N) is 5. The molecule has 1 aromatic carbocycles. The smallest absolute Gasteiger partial charge is 0.159 e. The van der Waals surface area contributed by atoms with Gasteiger partial charge < -0.3 is 15.0 Å². The summed E-state index contributed by atoms with van der Waals surface area (Å²) in [6, 6.07) is 7.33. The van der Waals surface area contributed by atoms with E-state index in [9.17, 15) is 0 Å². The summed E-state index contributed by atoms with van der Waals surface area (Å²) < 4.78 is 9.83. The summed E-state index contributed by atoms with van der Waals surface area (Å²) in [4.78, 5) is 2.47. The van der Waals surface area contributed by atoms with Crippen LogP contribution in [0, 0.1) is 0 Å². The zero-order chi connectivity index (χ0) is 20.8. The number of rotatable bonds is 3. The minimum absolute atomic E-state index is 0.464. The van der Waals surface area contributed by atoms with Gasteiger partial charge in [0.05, 0.1) is 12.2 Å². The molecular formula is C24H30N6O. The molecule has 162 valence electrons. The zero-order valence-electron chi connectivity index (χ0n) is 18.2. The van der Waals surface area contributed by atoms with Crippen molar-refractivity contribution < 1.29 is 4.74 Å². The van der Waals surface area contributed by atoms with Crippen LogP contribution in [-0.4, -0.2) is 45.9 Å². The Hall–Kier alpha value is -2.64. The third-order valence-corrected chi connectivity index (χ3v) is 6.97. The highest BCUT2D eigenvalue weighted by Gasteiger charge is 2.30. The molecule has 0 unspecified atom stereocenters. The van der Waals surface area contributed by atoms with Gasteiger partial charge in [0.15, 0.2) is 5.82 Å². The molecule has 31 heavy (non-hydrogen) atoms. The standard InChI is InChI=1S/C24H30N6O/c1-28-16-19(14-26-28)17-4-5-22-18(13-17)3-2-10-29(22)24-21-15-25-9-6-23(21)30(27-24)20-7-11-31-12-8-20/h4-5,13-14,16,20,25H,2-3,6-12,15H2,1H3. The molecule has 0 saturated carbocycles. The summed E-state index contributed by atoms with van der Waals surface area (Å²) in [7, 11) is 1.97. The molecule has 1 N–H and O–H groups in total. The van der Waals surface area contributed by atoms with Gasteiger partial charge >= 0.3 is 0 Å². The van der Waals surface area contributed by atoms with Gasteiger partial charge in [0.2, 0.25) is 0 Å². The Morgan fingerprint density at radius 2 is 2.03 bits per heavy atom. The lowest BCUT2D eigenvalue weighted by Crippen LogP contribution is -2.29. The fourth-order valence-corrected chi connectivity index (χ4v) is 5.37. The van der Waals surface area contributed by atoms with Crippen LogP contribution < -0.4 is 10.2 Å². The van der Waals surface area contributed by atoms with E-state index in [1.165, 1.54) is 33.6 Å². The molecule has 0 radical (unpaired) electrons. The van der Waals surface area contributed by atoms with Crippen molar-refractivity contribution in [2.45, 2.75) is 44.7 Å². The monoisotopic (exact) mass is 418 g/mol. The molecule has 2 aromatic heterocycles. The van der Waals surface area contributed by atoms with Crippen molar-refractivity contribution in [2.24, 2.45) is 7.05 Å². The summed E-state index contributed by atoms with van der Waals surface area (Å²) in [6.45, 7) is 4.66. The van der Waals surface area contributed by atoms with E-state index in [0.29, 0.717) is 6.04 Å². The molecule has 0 spiro atoms. The van der Waals surface area contributed by atoms with E-state index >= 15 is 0 Å². The lowest BCUT2D eigenvalue weighted by Gasteiger charge is -2.31. The molecule has 0 bridgehead atoms. The number of fused-ring (bicyclic) bond motifs is 2. The minimum atomic E-state index is 0.464. The second kappa shape index (κ2) is 7.80. The van der Waals surface area contributed by atoms with Gasteiger partial charge in [0.25, 0.3) is 0 Å². The van der Waals surface area contributed by atoms with E-state index in [-0.39, 0.29) is 0 Å². The van der Waals surface area contributed by atoms with Gasteiger partial charge in [-0.2, -0.15) is 10.2 Å². The molecule has 3 aliphatic rings. The van der Waals surface area contributed by atoms with Crippen LogP contribution in [-0.2, 0) is 31.2 Å². The fraction of sp³-hybridized carbons (Fsp3) is 0.500. The first kappa shape index (κ1) is 19.1. The molecule has 0 atom stereocenters. The number of hydrogen-bond acceptors (Lipinski definition) is 5. The highest BCUT2D eigenvalue weighted by atomic mass is 16.5. The fourth-order valence-electron chi connectivity index (χ4n) is 5.37. The molecule has 6 rings (SSSR count).